The van der Waals surface area contributed by atoms with Crippen molar-refractivity contribution in [2.45, 2.75) is 19.1 Å². The zero-order valence-corrected chi connectivity index (χ0v) is 16.4. The smallest absolute Gasteiger partial charge is 0.119 e. The van der Waals surface area contributed by atoms with E-state index >= 15 is 0 Å². The maximum atomic E-state index is 10.5. The van der Waals surface area contributed by atoms with Gasteiger partial charge in [0.2, 0.25) is 0 Å². The Morgan fingerprint density at radius 1 is 1.11 bits per heavy atom. The number of hydrogen-bond donors (Lipinski definition) is 2. The van der Waals surface area contributed by atoms with Crippen molar-refractivity contribution in [1.29, 1.82) is 0 Å². The van der Waals surface area contributed by atoms with E-state index in [2.05, 4.69) is 34.3 Å². The number of aliphatic hydroxyl groups is 1. The summed E-state index contributed by atoms with van der Waals surface area (Å²) in [5.74, 6) is 0.842. The van der Waals surface area contributed by atoms with Gasteiger partial charge in [0.15, 0.2) is 0 Å². The van der Waals surface area contributed by atoms with Gasteiger partial charge in [-0.3, -0.25) is 0 Å². The number of hydrogen-bond acceptors (Lipinski definition) is 4. The van der Waals surface area contributed by atoms with Crippen LogP contribution in [0.1, 0.15) is 29.7 Å². The van der Waals surface area contributed by atoms with Gasteiger partial charge in [-0.05, 0) is 58.1 Å². The third-order valence-corrected chi connectivity index (χ3v) is 5.26. The van der Waals surface area contributed by atoms with E-state index in [9.17, 15) is 5.11 Å². The second kappa shape index (κ2) is 9.51. The third-order valence-electron chi connectivity index (χ3n) is 4.57. The summed E-state index contributed by atoms with van der Waals surface area (Å²) in [5, 5.41) is 18.2. The Morgan fingerprint density at radius 2 is 1.93 bits per heavy atom. The molecule has 3 rings (SSSR count). The van der Waals surface area contributed by atoms with E-state index in [0.29, 0.717) is 6.54 Å². The molecule has 2 aromatic carbocycles. The highest BCUT2D eigenvalue weighted by Gasteiger charge is 2.15. The minimum atomic E-state index is -0.541. The van der Waals surface area contributed by atoms with E-state index in [-0.39, 0.29) is 6.04 Å². The lowest BCUT2D eigenvalue weighted by Crippen LogP contribution is -2.32. The molecule has 0 fully saturated rings. The molecule has 0 saturated carbocycles. The van der Waals surface area contributed by atoms with E-state index in [1.54, 1.807) is 18.4 Å². The van der Waals surface area contributed by atoms with Gasteiger partial charge in [0.25, 0.3) is 0 Å². The number of methoxy groups -OCH3 is 1. The van der Waals surface area contributed by atoms with Gasteiger partial charge >= 0.3 is 0 Å². The highest BCUT2D eigenvalue weighted by atomic mass is 32.1. The monoisotopic (exact) mass is 379 g/mol. The summed E-state index contributed by atoms with van der Waals surface area (Å²) in [7, 11) is 1.68. The zero-order valence-electron chi connectivity index (χ0n) is 15.6. The third kappa shape index (κ3) is 5.07. The molecular weight excluding hydrogens is 354 g/mol. The highest BCUT2D eigenvalue weighted by molar-refractivity contribution is 7.08. The first-order chi connectivity index (χ1) is 13.2. The van der Waals surface area contributed by atoms with Crippen LogP contribution in [-0.2, 0) is 0 Å². The molecule has 2 unspecified atom stereocenters. The molecule has 0 amide bonds. The fraction of sp³-hybridized carbons (Fsp3) is 0.217. The van der Waals surface area contributed by atoms with E-state index in [1.165, 1.54) is 5.56 Å². The van der Waals surface area contributed by atoms with Crippen molar-refractivity contribution in [1.82, 2.24) is 5.32 Å². The molecule has 4 heteroatoms. The van der Waals surface area contributed by atoms with Gasteiger partial charge in [-0.2, -0.15) is 11.3 Å². The molecule has 0 aliphatic heterocycles. The molecule has 2 N–H and O–H groups in total. The Hall–Kier alpha value is -2.40. The van der Waals surface area contributed by atoms with Gasteiger partial charge in [0.05, 0.1) is 13.2 Å². The van der Waals surface area contributed by atoms with Crippen molar-refractivity contribution >= 4 is 16.9 Å². The number of rotatable bonds is 8. The molecule has 0 bridgehead atoms. The molecule has 1 aromatic heterocycles. The Bertz CT molecular complexity index is 859. The molecule has 0 saturated heterocycles. The van der Waals surface area contributed by atoms with Crippen molar-refractivity contribution in [2.24, 2.45) is 0 Å². The van der Waals surface area contributed by atoms with Crippen molar-refractivity contribution in [3.8, 4) is 5.75 Å². The van der Waals surface area contributed by atoms with Crippen LogP contribution in [0.15, 0.2) is 77.5 Å². The molecule has 0 spiro atoms. The largest absolute Gasteiger partial charge is 0.497 e. The summed E-state index contributed by atoms with van der Waals surface area (Å²) in [6.45, 7) is 2.66. The second-order valence-corrected chi connectivity index (χ2v) is 7.19. The Balaban J connectivity index is 1.74. The molecule has 0 radical (unpaired) electrons. The van der Waals surface area contributed by atoms with Gasteiger partial charge < -0.3 is 15.2 Å². The molecule has 1 heterocycles. The van der Waals surface area contributed by atoms with Crippen LogP contribution in [0.3, 0.4) is 0 Å². The van der Waals surface area contributed by atoms with Gasteiger partial charge in [-0.1, -0.05) is 48.5 Å². The van der Waals surface area contributed by atoms with E-state index in [0.717, 1.165) is 22.4 Å². The SMILES string of the molecule is COc1cccc(/C(=C/CNC(C)C(O)c2ccccc2)c2ccsc2)c1. The predicted octanol–water partition coefficient (Wildman–Crippen LogP) is 4.90. The van der Waals surface area contributed by atoms with Gasteiger partial charge in [-0.25, -0.2) is 0 Å². The highest BCUT2D eigenvalue weighted by Crippen LogP contribution is 2.27. The van der Waals surface area contributed by atoms with E-state index in [1.807, 2.05) is 55.5 Å². The van der Waals surface area contributed by atoms with Crippen LogP contribution in [0.5, 0.6) is 5.75 Å². The average molecular weight is 380 g/mol. The maximum Gasteiger partial charge on any atom is 0.119 e. The summed E-state index contributed by atoms with van der Waals surface area (Å²) < 4.78 is 5.37. The summed E-state index contributed by atoms with van der Waals surface area (Å²) in [5.41, 5.74) is 4.38. The van der Waals surface area contributed by atoms with Gasteiger partial charge in [0.1, 0.15) is 5.75 Å². The first-order valence-corrected chi connectivity index (χ1v) is 9.97. The predicted molar refractivity (Wildman–Crippen MR) is 113 cm³/mol. The summed E-state index contributed by atoms with van der Waals surface area (Å²) in [6, 6.07) is 19.9. The first-order valence-electron chi connectivity index (χ1n) is 9.02. The molecule has 0 aliphatic rings. The molecule has 2 atom stereocenters. The van der Waals surface area contributed by atoms with Gasteiger partial charge in [-0.15, -0.1) is 0 Å². The van der Waals surface area contributed by atoms with Crippen molar-refractivity contribution < 1.29 is 9.84 Å². The van der Waals surface area contributed by atoms with Crippen LogP contribution in [0.4, 0.5) is 0 Å². The van der Waals surface area contributed by atoms with E-state index in [4.69, 9.17) is 4.74 Å². The minimum absolute atomic E-state index is 0.0577. The number of benzene rings is 2. The van der Waals surface area contributed by atoms with Crippen LogP contribution in [0.25, 0.3) is 5.57 Å². The van der Waals surface area contributed by atoms with Crippen LogP contribution in [0.2, 0.25) is 0 Å². The normalized spacial score (nSPS) is 14.0. The Kier molecular flexibility index (Phi) is 6.82. The van der Waals surface area contributed by atoms with Crippen LogP contribution >= 0.6 is 11.3 Å². The quantitative estimate of drug-likeness (QED) is 0.585. The number of ether oxygens (including phenoxy) is 1. The molecule has 0 aliphatic carbocycles. The lowest BCUT2D eigenvalue weighted by Gasteiger charge is -2.20. The lowest BCUT2D eigenvalue weighted by atomic mass is 9.99. The van der Waals surface area contributed by atoms with Crippen LogP contribution in [0, 0.1) is 0 Å². The fourth-order valence-electron chi connectivity index (χ4n) is 3.01. The zero-order chi connectivity index (χ0) is 19.1. The number of aliphatic hydroxyl groups excluding tert-OH is 1. The van der Waals surface area contributed by atoms with Gasteiger partial charge in [0, 0.05) is 12.6 Å². The van der Waals surface area contributed by atoms with Crippen molar-refractivity contribution in [3.05, 3.63) is 94.2 Å². The first kappa shape index (κ1) is 19.4. The molecule has 27 heavy (non-hydrogen) atoms. The lowest BCUT2D eigenvalue weighted by molar-refractivity contribution is 0.138. The molecule has 3 aromatic rings. The molecule has 140 valence electrons. The number of thiophene rings is 1. The average Bonchev–Trinajstić information content (AvgIpc) is 3.25. The topological polar surface area (TPSA) is 41.5 Å². The van der Waals surface area contributed by atoms with Crippen molar-refractivity contribution in [3.63, 3.8) is 0 Å². The number of nitrogens with one attached hydrogen (secondary N) is 1. The summed E-state index contributed by atoms with van der Waals surface area (Å²) in [6.07, 6.45) is 1.63. The van der Waals surface area contributed by atoms with Crippen LogP contribution < -0.4 is 10.1 Å². The van der Waals surface area contributed by atoms with E-state index < -0.39 is 6.10 Å². The summed E-state index contributed by atoms with van der Waals surface area (Å²) >= 11 is 1.68. The Labute approximate surface area is 165 Å². The maximum absolute atomic E-state index is 10.5. The Morgan fingerprint density at radius 3 is 2.63 bits per heavy atom. The minimum Gasteiger partial charge on any atom is -0.497 e. The fourth-order valence-corrected chi connectivity index (χ4v) is 3.66. The standard InChI is InChI=1S/C23H25NO2S/c1-17(23(25)18-7-4-3-5-8-18)24-13-11-22(20-12-14-27-16-20)19-9-6-10-21(15-19)26-2/h3-12,14-17,23-25H,13H2,1-2H3/b22-11-. The summed E-state index contributed by atoms with van der Waals surface area (Å²) in [4.78, 5) is 0. The molecular formula is C23H25NO2S. The second-order valence-electron chi connectivity index (χ2n) is 6.41. The van der Waals surface area contributed by atoms with Crippen LogP contribution in [-0.4, -0.2) is 24.8 Å². The van der Waals surface area contributed by atoms with Crippen molar-refractivity contribution in [2.75, 3.05) is 13.7 Å². The molecule has 3 nitrogen and oxygen atoms in total.